The lowest BCUT2D eigenvalue weighted by atomic mass is 10.0. The van der Waals surface area contributed by atoms with E-state index >= 15 is 0 Å². The Labute approximate surface area is 101 Å². The third-order valence-corrected chi connectivity index (χ3v) is 3.57. The normalized spacial score (nSPS) is 25.0. The number of likely N-dealkylation sites (tertiary alicyclic amines) is 1. The summed E-state index contributed by atoms with van der Waals surface area (Å²) in [6, 6.07) is 0.368. The summed E-state index contributed by atoms with van der Waals surface area (Å²) in [5, 5.41) is 9.23. The number of rotatable bonds is 4. The second kappa shape index (κ2) is 7.20. The van der Waals surface area contributed by atoms with Crippen LogP contribution in [-0.2, 0) is 0 Å². The fraction of sp³-hybridized carbons (Fsp3) is 0.667. The Bertz CT molecular complexity index is 238. The predicted molar refractivity (Wildman–Crippen MR) is 68.1 cm³/mol. The van der Waals surface area contributed by atoms with Gasteiger partial charge in [0.1, 0.15) is 0 Å². The van der Waals surface area contributed by atoms with E-state index in [0.29, 0.717) is 12.6 Å². The van der Waals surface area contributed by atoms with Crippen LogP contribution in [0.1, 0.15) is 26.2 Å². The number of allylic oxidation sites excluding steroid dienone is 3. The fourth-order valence-electron chi connectivity index (χ4n) is 1.90. The van der Waals surface area contributed by atoms with Crippen molar-refractivity contribution >= 4 is 15.9 Å². The van der Waals surface area contributed by atoms with Crippen LogP contribution in [0.15, 0.2) is 22.7 Å². The molecule has 0 aromatic heterocycles. The standard InChI is InChI=1S/C12H20BrNO/c1-2-11(13)6-5-9-14-8-4-3-7-12(14)10-15/h2,5-6,12,15H,3-4,7-10H2,1H3/b6-5+,11-2-. The Morgan fingerprint density at radius 3 is 3.00 bits per heavy atom. The zero-order valence-electron chi connectivity index (χ0n) is 9.32. The number of hydrogen-bond acceptors (Lipinski definition) is 2. The molecule has 15 heavy (non-hydrogen) atoms. The maximum absolute atomic E-state index is 9.23. The van der Waals surface area contributed by atoms with E-state index in [1.165, 1.54) is 12.8 Å². The molecular weight excluding hydrogens is 254 g/mol. The van der Waals surface area contributed by atoms with Crippen molar-refractivity contribution in [3.63, 3.8) is 0 Å². The lowest BCUT2D eigenvalue weighted by Gasteiger charge is -2.33. The van der Waals surface area contributed by atoms with Gasteiger partial charge >= 0.3 is 0 Å². The quantitative estimate of drug-likeness (QED) is 0.797. The highest BCUT2D eigenvalue weighted by molar-refractivity contribution is 9.11. The van der Waals surface area contributed by atoms with Gasteiger partial charge in [0.25, 0.3) is 0 Å². The number of halogens is 1. The van der Waals surface area contributed by atoms with E-state index in [1.54, 1.807) is 0 Å². The van der Waals surface area contributed by atoms with Crippen molar-refractivity contribution < 1.29 is 5.11 Å². The molecule has 1 rings (SSSR count). The maximum atomic E-state index is 9.23. The first-order valence-electron chi connectivity index (χ1n) is 5.61. The van der Waals surface area contributed by atoms with Crippen molar-refractivity contribution in [1.29, 1.82) is 0 Å². The molecule has 0 radical (unpaired) electrons. The minimum absolute atomic E-state index is 0.290. The highest BCUT2D eigenvalue weighted by Crippen LogP contribution is 2.16. The third kappa shape index (κ3) is 4.49. The largest absolute Gasteiger partial charge is 0.395 e. The molecule has 0 aromatic rings. The van der Waals surface area contributed by atoms with Gasteiger partial charge in [-0.3, -0.25) is 4.90 Å². The van der Waals surface area contributed by atoms with Crippen LogP contribution in [0.2, 0.25) is 0 Å². The molecule has 0 aliphatic carbocycles. The molecule has 3 heteroatoms. The number of hydrogen-bond donors (Lipinski definition) is 1. The lowest BCUT2D eigenvalue weighted by molar-refractivity contribution is 0.101. The van der Waals surface area contributed by atoms with Gasteiger partial charge in [0.05, 0.1) is 6.61 Å². The summed E-state index contributed by atoms with van der Waals surface area (Å²) < 4.78 is 1.11. The van der Waals surface area contributed by atoms with E-state index in [1.807, 2.05) is 13.0 Å². The summed E-state index contributed by atoms with van der Waals surface area (Å²) in [5.74, 6) is 0. The number of aliphatic hydroxyl groups is 1. The molecule has 1 saturated heterocycles. The molecule has 1 atom stereocenters. The van der Waals surface area contributed by atoms with Crippen molar-refractivity contribution in [1.82, 2.24) is 4.90 Å². The number of aliphatic hydroxyl groups excluding tert-OH is 1. The molecule has 0 bridgehead atoms. The van der Waals surface area contributed by atoms with Gasteiger partial charge in [-0.2, -0.15) is 0 Å². The average molecular weight is 274 g/mol. The van der Waals surface area contributed by atoms with E-state index in [4.69, 9.17) is 0 Å². The number of piperidine rings is 1. The molecule has 2 nitrogen and oxygen atoms in total. The average Bonchev–Trinajstić information content (AvgIpc) is 2.29. The number of nitrogens with zero attached hydrogens (tertiary/aromatic N) is 1. The molecule has 0 aromatic carbocycles. The van der Waals surface area contributed by atoms with E-state index in [9.17, 15) is 5.11 Å². The second-order valence-corrected chi connectivity index (χ2v) is 4.82. The first-order valence-corrected chi connectivity index (χ1v) is 6.40. The van der Waals surface area contributed by atoms with Crippen molar-refractivity contribution in [2.45, 2.75) is 32.2 Å². The summed E-state index contributed by atoms with van der Waals surface area (Å²) in [7, 11) is 0. The Balaban J connectivity index is 2.38. The molecule has 1 aliphatic heterocycles. The molecule has 86 valence electrons. The molecular formula is C12H20BrNO. The van der Waals surface area contributed by atoms with Gasteiger partial charge in [0, 0.05) is 17.1 Å². The van der Waals surface area contributed by atoms with Crippen LogP contribution in [0.3, 0.4) is 0 Å². The smallest absolute Gasteiger partial charge is 0.0586 e. The van der Waals surface area contributed by atoms with Crippen molar-refractivity contribution in [3.8, 4) is 0 Å². The monoisotopic (exact) mass is 273 g/mol. The Hall–Kier alpha value is -0.120. The zero-order valence-corrected chi connectivity index (χ0v) is 10.9. The topological polar surface area (TPSA) is 23.5 Å². The van der Waals surface area contributed by atoms with Gasteiger partial charge in [-0.1, -0.05) is 40.6 Å². The van der Waals surface area contributed by atoms with Gasteiger partial charge in [-0.25, -0.2) is 0 Å². The van der Waals surface area contributed by atoms with Gasteiger partial charge in [-0.05, 0) is 26.3 Å². The summed E-state index contributed by atoms with van der Waals surface area (Å²) >= 11 is 3.44. The Morgan fingerprint density at radius 1 is 1.53 bits per heavy atom. The highest BCUT2D eigenvalue weighted by atomic mass is 79.9. The summed E-state index contributed by atoms with van der Waals surface area (Å²) in [4.78, 5) is 2.36. The molecule has 1 aliphatic rings. The van der Waals surface area contributed by atoms with E-state index in [-0.39, 0.29) is 0 Å². The second-order valence-electron chi connectivity index (χ2n) is 3.90. The van der Waals surface area contributed by atoms with Crippen LogP contribution in [0.5, 0.6) is 0 Å². The molecule has 0 saturated carbocycles. The summed E-state index contributed by atoms with van der Waals surface area (Å²) in [5.41, 5.74) is 0. The van der Waals surface area contributed by atoms with Crippen LogP contribution in [0, 0.1) is 0 Å². The minimum atomic E-state index is 0.290. The van der Waals surface area contributed by atoms with Crippen molar-refractivity contribution in [3.05, 3.63) is 22.7 Å². The van der Waals surface area contributed by atoms with E-state index in [0.717, 1.165) is 24.0 Å². The first-order chi connectivity index (χ1) is 7.27. The zero-order chi connectivity index (χ0) is 11.1. The Morgan fingerprint density at radius 2 is 2.33 bits per heavy atom. The molecule has 0 amide bonds. The first kappa shape index (κ1) is 12.9. The van der Waals surface area contributed by atoms with Gasteiger partial charge < -0.3 is 5.11 Å². The molecule has 0 spiro atoms. The minimum Gasteiger partial charge on any atom is -0.395 e. The van der Waals surface area contributed by atoms with Crippen LogP contribution < -0.4 is 0 Å². The van der Waals surface area contributed by atoms with Crippen LogP contribution in [0.25, 0.3) is 0 Å². The Kier molecular flexibility index (Phi) is 6.22. The van der Waals surface area contributed by atoms with Gasteiger partial charge in [0.2, 0.25) is 0 Å². The van der Waals surface area contributed by atoms with E-state index in [2.05, 4.69) is 33.0 Å². The molecule has 1 N–H and O–H groups in total. The van der Waals surface area contributed by atoms with Crippen molar-refractivity contribution in [2.75, 3.05) is 19.7 Å². The van der Waals surface area contributed by atoms with Crippen LogP contribution in [-0.4, -0.2) is 35.7 Å². The van der Waals surface area contributed by atoms with Gasteiger partial charge in [-0.15, -0.1) is 0 Å². The van der Waals surface area contributed by atoms with E-state index < -0.39 is 0 Å². The molecule has 1 heterocycles. The van der Waals surface area contributed by atoms with Gasteiger partial charge in [0.15, 0.2) is 0 Å². The maximum Gasteiger partial charge on any atom is 0.0586 e. The summed E-state index contributed by atoms with van der Waals surface area (Å²) in [6.07, 6.45) is 9.89. The molecule has 1 fully saturated rings. The third-order valence-electron chi connectivity index (χ3n) is 2.85. The fourth-order valence-corrected chi connectivity index (χ4v) is 2.09. The predicted octanol–water partition coefficient (Wildman–Crippen LogP) is 2.69. The van der Waals surface area contributed by atoms with Crippen molar-refractivity contribution in [2.24, 2.45) is 0 Å². The van der Waals surface area contributed by atoms with Crippen LogP contribution >= 0.6 is 15.9 Å². The van der Waals surface area contributed by atoms with Crippen LogP contribution in [0.4, 0.5) is 0 Å². The lowest BCUT2D eigenvalue weighted by Crippen LogP contribution is -2.41. The SMILES string of the molecule is C/C=C(Br)/C=C/CN1CCCCC1CO. The molecule has 1 unspecified atom stereocenters. The highest BCUT2D eigenvalue weighted by Gasteiger charge is 2.19. The summed E-state index contributed by atoms with van der Waals surface area (Å²) in [6.45, 7) is 4.35.